The minimum atomic E-state index is -0.649. The van der Waals surface area contributed by atoms with Gasteiger partial charge in [0, 0.05) is 11.6 Å². The lowest BCUT2D eigenvalue weighted by atomic mass is 10.1. The van der Waals surface area contributed by atoms with Gasteiger partial charge in [-0.3, -0.25) is 14.9 Å². The van der Waals surface area contributed by atoms with E-state index in [2.05, 4.69) is 11.4 Å². The van der Waals surface area contributed by atoms with Gasteiger partial charge in [-0.15, -0.1) is 0 Å². The van der Waals surface area contributed by atoms with E-state index in [-0.39, 0.29) is 16.4 Å². The number of nitrogens with zero attached hydrogens (tertiary/aromatic N) is 2. The van der Waals surface area contributed by atoms with E-state index in [0.29, 0.717) is 34.1 Å². The molecule has 8 nitrogen and oxygen atoms in total. The van der Waals surface area contributed by atoms with Gasteiger partial charge in [0.05, 0.1) is 31.5 Å². The smallest absolute Gasteiger partial charge is 0.270 e. The normalized spacial score (nSPS) is 14.8. The summed E-state index contributed by atoms with van der Waals surface area (Å²) < 4.78 is 16.4. The minimum absolute atomic E-state index is 0.0753. The van der Waals surface area contributed by atoms with Crippen LogP contribution >= 0.6 is 12.2 Å². The maximum Gasteiger partial charge on any atom is 0.270 e. The summed E-state index contributed by atoms with van der Waals surface area (Å²) in [5, 5.41) is 11.8. The summed E-state index contributed by atoms with van der Waals surface area (Å²) in [4.78, 5) is 27.0. The fraction of sp³-hybridized carbons (Fsp3) is 0.0833. The first-order valence-electron chi connectivity index (χ1n) is 9.69. The molecule has 3 aromatic rings. The summed E-state index contributed by atoms with van der Waals surface area (Å²) in [6.45, 7) is 0. The van der Waals surface area contributed by atoms with E-state index in [1.54, 1.807) is 54.6 Å². The lowest BCUT2D eigenvalue weighted by Crippen LogP contribution is -2.54. The third-order valence-corrected chi connectivity index (χ3v) is 5.24. The average molecular weight is 459 g/mol. The number of amides is 2. The second-order valence-electron chi connectivity index (χ2n) is 6.86. The van der Waals surface area contributed by atoms with Crippen LogP contribution in [0.4, 0.5) is 5.69 Å². The summed E-state index contributed by atoms with van der Waals surface area (Å²) >= 11 is 5.25. The van der Waals surface area contributed by atoms with Gasteiger partial charge in [0.1, 0.15) is 28.6 Å². The second kappa shape index (κ2) is 8.98. The van der Waals surface area contributed by atoms with Crippen molar-refractivity contribution < 1.29 is 23.5 Å². The molecular weight excluding hydrogens is 442 g/mol. The minimum Gasteiger partial charge on any atom is -0.497 e. The van der Waals surface area contributed by atoms with Crippen LogP contribution in [-0.2, 0) is 9.59 Å². The Balaban J connectivity index is 1.71. The van der Waals surface area contributed by atoms with Gasteiger partial charge in [-0.2, -0.15) is 5.26 Å². The molecule has 0 unspecified atom stereocenters. The van der Waals surface area contributed by atoms with Crippen LogP contribution in [0.2, 0.25) is 0 Å². The fourth-order valence-electron chi connectivity index (χ4n) is 3.36. The van der Waals surface area contributed by atoms with Crippen molar-refractivity contribution in [3.8, 4) is 28.9 Å². The van der Waals surface area contributed by atoms with Crippen molar-refractivity contribution in [3.63, 3.8) is 0 Å². The predicted molar refractivity (Wildman–Crippen MR) is 125 cm³/mol. The largest absolute Gasteiger partial charge is 0.497 e. The lowest BCUT2D eigenvalue weighted by Gasteiger charge is -2.29. The number of anilines is 1. The standard InChI is InChI=1S/C24H17N3O5S/c1-30-15-7-9-19(21(12-15)31-2)27-23(29)18(22(28)26-24(27)33)11-16-8-10-20(32-16)17-6-4-3-5-14(17)13-25/h3-12H,1-2H3,(H,26,28,33)/b18-11+. The van der Waals surface area contributed by atoms with E-state index in [1.165, 1.54) is 25.2 Å². The molecule has 1 aliphatic rings. The number of thiocarbonyl (C=S) groups is 1. The summed E-state index contributed by atoms with van der Waals surface area (Å²) in [5.74, 6) is 0.296. The van der Waals surface area contributed by atoms with E-state index >= 15 is 0 Å². The number of carbonyl (C=O) groups excluding carboxylic acids is 2. The van der Waals surface area contributed by atoms with Crippen LogP contribution in [-0.4, -0.2) is 31.1 Å². The number of furan rings is 1. The van der Waals surface area contributed by atoms with Crippen LogP contribution in [0, 0.1) is 11.3 Å². The Morgan fingerprint density at radius 2 is 1.88 bits per heavy atom. The number of benzene rings is 2. The van der Waals surface area contributed by atoms with Gasteiger partial charge in [0.25, 0.3) is 11.8 Å². The third-order valence-electron chi connectivity index (χ3n) is 4.96. The SMILES string of the molecule is COc1ccc(N2C(=O)/C(=C/c3ccc(-c4ccccc4C#N)o3)C(=O)NC2=S)c(OC)c1. The molecule has 9 heteroatoms. The quantitative estimate of drug-likeness (QED) is 0.353. The molecule has 33 heavy (non-hydrogen) atoms. The molecule has 2 aromatic carbocycles. The number of hydrogen-bond acceptors (Lipinski definition) is 7. The van der Waals surface area contributed by atoms with Gasteiger partial charge >= 0.3 is 0 Å². The summed E-state index contributed by atoms with van der Waals surface area (Å²) in [6.07, 6.45) is 1.33. The van der Waals surface area contributed by atoms with Crippen molar-refractivity contribution in [1.29, 1.82) is 5.26 Å². The molecule has 1 fully saturated rings. The molecule has 1 saturated heterocycles. The van der Waals surface area contributed by atoms with Crippen molar-refractivity contribution in [3.05, 3.63) is 71.5 Å². The second-order valence-corrected chi connectivity index (χ2v) is 7.24. The summed E-state index contributed by atoms with van der Waals surface area (Å²) in [7, 11) is 2.97. The molecule has 1 aliphatic heterocycles. The topological polar surface area (TPSA) is 105 Å². The van der Waals surface area contributed by atoms with Gasteiger partial charge in [0.15, 0.2) is 5.11 Å². The van der Waals surface area contributed by atoms with Crippen LogP contribution in [0.25, 0.3) is 17.4 Å². The number of methoxy groups -OCH3 is 2. The van der Waals surface area contributed by atoms with Crippen LogP contribution in [0.1, 0.15) is 11.3 Å². The Hall–Kier alpha value is -4.42. The van der Waals surface area contributed by atoms with E-state index in [0.717, 1.165) is 0 Å². The Kier molecular flexibility index (Phi) is 5.93. The van der Waals surface area contributed by atoms with Crippen molar-refractivity contribution in [1.82, 2.24) is 5.32 Å². The van der Waals surface area contributed by atoms with Crippen LogP contribution < -0.4 is 19.7 Å². The zero-order valence-electron chi connectivity index (χ0n) is 17.6. The molecule has 2 heterocycles. The monoisotopic (exact) mass is 459 g/mol. The average Bonchev–Trinajstić information content (AvgIpc) is 3.30. The number of carbonyl (C=O) groups is 2. The van der Waals surface area contributed by atoms with E-state index in [4.69, 9.17) is 26.1 Å². The molecular formula is C24H17N3O5S. The molecule has 4 rings (SSSR count). The molecule has 0 radical (unpaired) electrons. The molecule has 0 aliphatic carbocycles. The van der Waals surface area contributed by atoms with E-state index in [9.17, 15) is 14.9 Å². The maximum atomic E-state index is 13.3. The third kappa shape index (κ3) is 4.07. The number of nitriles is 1. The number of nitrogens with one attached hydrogen (secondary N) is 1. The number of hydrogen-bond donors (Lipinski definition) is 1. The van der Waals surface area contributed by atoms with Crippen LogP contribution in [0.15, 0.2) is 64.6 Å². The Bertz CT molecular complexity index is 1350. The van der Waals surface area contributed by atoms with Crippen molar-refractivity contribution in [2.75, 3.05) is 19.1 Å². The van der Waals surface area contributed by atoms with Gasteiger partial charge in [-0.1, -0.05) is 12.1 Å². The molecule has 0 saturated carbocycles. The Morgan fingerprint density at radius 1 is 1.09 bits per heavy atom. The van der Waals surface area contributed by atoms with Gasteiger partial charge < -0.3 is 13.9 Å². The van der Waals surface area contributed by atoms with Crippen molar-refractivity contribution in [2.24, 2.45) is 0 Å². The highest BCUT2D eigenvalue weighted by atomic mass is 32.1. The molecule has 164 valence electrons. The van der Waals surface area contributed by atoms with Crippen LogP contribution in [0.5, 0.6) is 11.5 Å². The lowest BCUT2D eigenvalue weighted by molar-refractivity contribution is -0.122. The summed E-state index contributed by atoms with van der Waals surface area (Å²) in [6, 6.07) is 17.2. The predicted octanol–water partition coefficient (Wildman–Crippen LogP) is 3.67. The highest BCUT2D eigenvalue weighted by molar-refractivity contribution is 7.80. The first-order chi connectivity index (χ1) is 16.0. The van der Waals surface area contributed by atoms with E-state index in [1.807, 2.05) is 0 Å². The van der Waals surface area contributed by atoms with Crippen molar-refractivity contribution >= 4 is 40.9 Å². The van der Waals surface area contributed by atoms with E-state index < -0.39 is 11.8 Å². The van der Waals surface area contributed by atoms with Gasteiger partial charge in [-0.25, -0.2) is 4.90 Å². The van der Waals surface area contributed by atoms with Gasteiger partial charge in [0.2, 0.25) is 0 Å². The zero-order valence-corrected chi connectivity index (χ0v) is 18.4. The first kappa shape index (κ1) is 21.8. The van der Waals surface area contributed by atoms with Gasteiger partial charge in [-0.05, 0) is 54.7 Å². The number of rotatable bonds is 5. The Labute approximate surface area is 194 Å². The highest BCUT2D eigenvalue weighted by Crippen LogP contribution is 2.34. The molecule has 1 aromatic heterocycles. The van der Waals surface area contributed by atoms with Crippen molar-refractivity contribution in [2.45, 2.75) is 0 Å². The molecule has 0 bridgehead atoms. The van der Waals surface area contributed by atoms with Crippen LogP contribution in [0.3, 0.4) is 0 Å². The molecule has 2 amide bonds. The zero-order chi connectivity index (χ0) is 23.5. The molecule has 1 N–H and O–H groups in total. The molecule has 0 atom stereocenters. The maximum absolute atomic E-state index is 13.3. The molecule has 0 spiro atoms. The number of ether oxygens (including phenoxy) is 2. The first-order valence-corrected chi connectivity index (χ1v) is 10.1. The highest BCUT2D eigenvalue weighted by Gasteiger charge is 2.36. The Morgan fingerprint density at radius 3 is 2.61 bits per heavy atom. The fourth-order valence-corrected chi connectivity index (χ4v) is 3.63. The summed E-state index contributed by atoms with van der Waals surface area (Å²) in [5.41, 5.74) is 1.23.